The van der Waals surface area contributed by atoms with Crippen molar-refractivity contribution in [2.45, 2.75) is 34.6 Å². The second-order valence-corrected chi connectivity index (χ2v) is 5.07. The molecule has 0 aliphatic heterocycles. The van der Waals surface area contributed by atoms with Gasteiger partial charge in [-0.05, 0) is 0 Å². The van der Waals surface area contributed by atoms with Crippen LogP contribution in [0.25, 0.3) is 0 Å². The SMILES string of the molecule is CC1=C(C)C(C)(C)[C]([Os])=C1C.F.F. The first kappa shape index (κ1) is 15.4. The summed E-state index contributed by atoms with van der Waals surface area (Å²) in [5.74, 6) is 0. The van der Waals surface area contributed by atoms with Crippen molar-refractivity contribution in [3.05, 3.63) is 20.8 Å². The van der Waals surface area contributed by atoms with E-state index in [9.17, 15) is 0 Å². The predicted molar refractivity (Wildman–Crippen MR) is 49.9 cm³/mol. The quantitative estimate of drug-likeness (QED) is 0.617. The summed E-state index contributed by atoms with van der Waals surface area (Å²) in [5.41, 5.74) is 4.87. The van der Waals surface area contributed by atoms with Crippen LogP contribution in [0.2, 0.25) is 0 Å². The Morgan fingerprint density at radius 1 is 0.923 bits per heavy atom. The third kappa shape index (κ3) is 2.07. The molecular formula is C10H17F2Os. The van der Waals surface area contributed by atoms with Gasteiger partial charge in [0.15, 0.2) is 0 Å². The summed E-state index contributed by atoms with van der Waals surface area (Å²) in [6.45, 7) is 11.3. The van der Waals surface area contributed by atoms with Gasteiger partial charge < -0.3 is 0 Å². The Hall–Kier alpha value is -0.0236. The Kier molecular flexibility index (Phi) is 5.31. The molecule has 0 saturated heterocycles. The van der Waals surface area contributed by atoms with E-state index in [0.29, 0.717) is 5.41 Å². The van der Waals surface area contributed by atoms with Crippen molar-refractivity contribution >= 4 is 0 Å². The first-order chi connectivity index (χ1) is 4.89. The van der Waals surface area contributed by atoms with Crippen LogP contribution in [0.15, 0.2) is 20.8 Å². The molecule has 1 aliphatic carbocycles. The summed E-state index contributed by atoms with van der Waals surface area (Å²) in [6.07, 6.45) is 0. The minimum Gasteiger partial charge on any atom is -0.269 e. The molecule has 0 N–H and O–H groups in total. The van der Waals surface area contributed by atoms with Gasteiger partial charge in [-0.25, -0.2) is 0 Å². The number of hydrogen-bond donors (Lipinski definition) is 0. The molecule has 0 atom stereocenters. The fraction of sp³-hybridized carbons (Fsp3) is 0.600. The normalized spacial score (nSPS) is 19.8. The molecule has 0 spiro atoms. The van der Waals surface area contributed by atoms with Crippen LogP contribution in [0.4, 0.5) is 9.41 Å². The van der Waals surface area contributed by atoms with Crippen molar-refractivity contribution in [3.8, 4) is 0 Å². The molecule has 0 saturated carbocycles. The standard InChI is InChI=1S/C10H15.2FH.Os/c1-7-6-10(4,5)9(3)8(7)2;;;/h1-5H3;2*1H;. The van der Waals surface area contributed by atoms with Gasteiger partial charge in [-0.3, -0.25) is 9.41 Å². The van der Waals surface area contributed by atoms with Gasteiger partial charge in [0.25, 0.3) is 0 Å². The molecule has 0 unspecified atom stereocenters. The Labute approximate surface area is 89.1 Å². The zero-order valence-corrected chi connectivity index (χ0v) is 11.2. The first-order valence-electron chi connectivity index (χ1n) is 3.93. The number of hydrogen-bond acceptors (Lipinski definition) is 0. The molecule has 3 heteroatoms. The average molecular weight is 365 g/mol. The van der Waals surface area contributed by atoms with Crippen LogP contribution in [-0.2, 0) is 18.6 Å². The molecule has 0 aromatic carbocycles. The van der Waals surface area contributed by atoms with Crippen LogP contribution >= 0.6 is 0 Å². The van der Waals surface area contributed by atoms with E-state index in [1.807, 2.05) is 18.6 Å². The summed E-state index contributed by atoms with van der Waals surface area (Å²) >= 11 is 2.04. The first-order valence-corrected chi connectivity index (χ1v) is 5.20. The van der Waals surface area contributed by atoms with Crippen LogP contribution in [-0.4, -0.2) is 0 Å². The maximum absolute atomic E-state index is 2.31. The maximum atomic E-state index is 2.31. The zero-order valence-electron chi connectivity index (χ0n) is 8.67. The summed E-state index contributed by atoms with van der Waals surface area (Å²) in [5, 5.41) is 0. The van der Waals surface area contributed by atoms with E-state index in [1.165, 1.54) is 11.1 Å². The largest absolute Gasteiger partial charge is 0.269 e. The van der Waals surface area contributed by atoms with Crippen LogP contribution in [0.5, 0.6) is 0 Å². The minimum absolute atomic E-state index is 0. The van der Waals surface area contributed by atoms with E-state index in [1.54, 1.807) is 9.70 Å². The van der Waals surface area contributed by atoms with Gasteiger partial charge in [-0.1, -0.05) is 0 Å². The van der Waals surface area contributed by atoms with E-state index >= 15 is 0 Å². The Balaban J connectivity index is 0. The maximum Gasteiger partial charge on any atom is -0.269 e. The Bertz CT molecular complexity index is 236. The van der Waals surface area contributed by atoms with Crippen LogP contribution in [0, 0.1) is 5.41 Å². The third-order valence-electron chi connectivity index (χ3n) is 2.92. The summed E-state index contributed by atoms with van der Waals surface area (Å²) in [4.78, 5) is 0. The van der Waals surface area contributed by atoms with Crippen LogP contribution in [0.3, 0.4) is 0 Å². The summed E-state index contributed by atoms with van der Waals surface area (Å²) < 4.78 is 1.56. The molecule has 0 radical (unpaired) electrons. The molecule has 0 nitrogen and oxygen atoms in total. The molecule has 13 heavy (non-hydrogen) atoms. The molecule has 79 valence electrons. The second-order valence-electron chi connectivity index (χ2n) is 3.80. The third-order valence-corrected chi connectivity index (χ3v) is 5.46. The van der Waals surface area contributed by atoms with Crippen molar-refractivity contribution in [2.75, 3.05) is 0 Å². The topological polar surface area (TPSA) is 0 Å². The number of halogens is 2. The van der Waals surface area contributed by atoms with Crippen molar-refractivity contribution < 1.29 is 28.0 Å². The molecule has 0 heterocycles. The summed E-state index contributed by atoms with van der Waals surface area (Å²) in [6, 6.07) is 0. The van der Waals surface area contributed by atoms with Gasteiger partial charge in [-0.2, -0.15) is 0 Å². The van der Waals surface area contributed by atoms with Gasteiger partial charge in [-0.15, -0.1) is 0 Å². The smallest absolute Gasteiger partial charge is 0.269 e. The molecular weight excluding hydrogens is 348 g/mol. The van der Waals surface area contributed by atoms with Crippen LogP contribution in [0.1, 0.15) is 34.6 Å². The Morgan fingerprint density at radius 3 is 1.38 bits per heavy atom. The van der Waals surface area contributed by atoms with Crippen molar-refractivity contribution in [2.24, 2.45) is 5.41 Å². The van der Waals surface area contributed by atoms with Crippen molar-refractivity contribution in [1.29, 1.82) is 0 Å². The molecule has 0 amide bonds. The fourth-order valence-corrected chi connectivity index (χ4v) is 2.49. The predicted octanol–water partition coefficient (Wildman–Crippen LogP) is 3.49. The van der Waals surface area contributed by atoms with Crippen LogP contribution < -0.4 is 0 Å². The van der Waals surface area contributed by atoms with E-state index in [2.05, 4.69) is 34.6 Å². The molecule has 1 rings (SSSR count). The van der Waals surface area contributed by atoms with E-state index in [0.717, 1.165) is 0 Å². The monoisotopic (exact) mass is 367 g/mol. The molecule has 1 aliphatic rings. The molecule has 0 fully saturated rings. The molecule has 0 aromatic heterocycles. The van der Waals surface area contributed by atoms with Gasteiger partial charge in [0, 0.05) is 0 Å². The zero-order chi connectivity index (χ0) is 8.81. The van der Waals surface area contributed by atoms with E-state index < -0.39 is 0 Å². The fourth-order valence-electron chi connectivity index (χ4n) is 1.54. The molecule has 0 bridgehead atoms. The van der Waals surface area contributed by atoms with Crippen molar-refractivity contribution in [3.63, 3.8) is 0 Å². The van der Waals surface area contributed by atoms with E-state index in [4.69, 9.17) is 0 Å². The van der Waals surface area contributed by atoms with Crippen molar-refractivity contribution in [1.82, 2.24) is 0 Å². The number of allylic oxidation sites excluding steroid dienone is 4. The van der Waals surface area contributed by atoms with Gasteiger partial charge in [0.2, 0.25) is 0 Å². The molecule has 0 aromatic rings. The summed E-state index contributed by atoms with van der Waals surface area (Å²) in [7, 11) is 0. The van der Waals surface area contributed by atoms with E-state index in [-0.39, 0.29) is 9.41 Å². The average Bonchev–Trinajstić information content (AvgIpc) is 2.06. The Morgan fingerprint density at radius 2 is 1.31 bits per heavy atom. The van der Waals surface area contributed by atoms with Gasteiger partial charge >= 0.3 is 79.5 Å². The van der Waals surface area contributed by atoms with Gasteiger partial charge in [0.1, 0.15) is 0 Å². The van der Waals surface area contributed by atoms with Gasteiger partial charge in [0.05, 0.1) is 0 Å². The number of rotatable bonds is 0. The second kappa shape index (κ2) is 4.47. The minimum atomic E-state index is 0.